The van der Waals surface area contributed by atoms with Crippen molar-refractivity contribution < 1.29 is 9.16 Å². The van der Waals surface area contributed by atoms with Gasteiger partial charge in [0.2, 0.25) is 0 Å². The van der Waals surface area contributed by atoms with E-state index in [9.17, 15) is 0 Å². The van der Waals surface area contributed by atoms with Gasteiger partial charge in [-0.3, -0.25) is 0 Å². The van der Waals surface area contributed by atoms with Crippen molar-refractivity contribution in [2.75, 3.05) is 6.61 Å². The SMILES string of the molecule is CC(C)(C)[Si](C)(C)O[C@H](COCc1ccccc1)CC1CCCCC1. The summed E-state index contributed by atoms with van der Waals surface area (Å²) in [6.07, 6.45) is 8.35. The van der Waals surface area contributed by atoms with Crippen molar-refractivity contribution in [1.29, 1.82) is 0 Å². The molecule has 0 aromatic heterocycles. The Bertz CT molecular complexity index is 486. The van der Waals surface area contributed by atoms with Crippen molar-refractivity contribution in [2.45, 2.75) is 90.1 Å². The maximum Gasteiger partial charge on any atom is 0.192 e. The predicted molar refractivity (Wildman–Crippen MR) is 109 cm³/mol. The van der Waals surface area contributed by atoms with Crippen LogP contribution in [0.4, 0.5) is 0 Å². The van der Waals surface area contributed by atoms with Gasteiger partial charge in [-0.2, -0.15) is 0 Å². The summed E-state index contributed by atoms with van der Waals surface area (Å²) in [4.78, 5) is 0. The van der Waals surface area contributed by atoms with Crippen molar-refractivity contribution in [3.63, 3.8) is 0 Å². The molecule has 1 aromatic carbocycles. The van der Waals surface area contributed by atoms with Gasteiger partial charge in [-0.05, 0) is 36.0 Å². The maximum absolute atomic E-state index is 6.76. The highest BCUT2D eigenvalue weighted by Crippen LogP contribution is 2.38. The van der Waals surface area contributed by atoms with Gasteiger partial charge >= 0.3 is 0 Å². The van der Waals surface area contributed by atoms with Gasteiger partial charge in [-0.15, -0.1) is 0 Å². The van der Waals surface area contributed by atoms with E-state index >= 15 is 0 Å². The Morgan fingerprint density at radius 3 is 2.28 bits per heavy atom. The Morgan fingerprint density at radius 2 is 1.68 bits per heavy atom. The topological polar surface area (TPSA) is 18.5 Å². The molecular weight excluding hydrogens is 324 g/mol. The summed E-state index contributed by atoms with van der Waals surface area (Å²) in [5.74, 6) is 0.823. The second-order valence-electron chi connectivity index (χ2n) is 9.24. The van der Waals surface area contributed by atoms with Crippen LogP contribution in [0.15, 0.2) is 30.3 Å². The van der Waals surface area contributed by atoms with E-state index < -0.39 is 8.32 Å². The summed E-state index contributed by atoms with van der Waals surface area (Å²) < 4.78 is 12.8. The van der Waals surface area contributed by atoms with E-state index in [1.807, 2.05) is 0 Å². The molecule has 0 aliphatic heterocycles. The van der Waals surface area contributed by atoms with Crippen LogP contribution in [-0.4, -0.2) is 21.0 Å². The lowest BCUT2D eigenvalue weighted by Crippen LogP contribution is -2.45. The van der Waals surface area contributed by atoms with Crippen molar-refractivity contribution in [1.82, 2.24) is 0 Å². The fourth-order valence-electron chi connectivity index (χ4n) is 3.42. The highest BCUT2D eigenvalue weighted by atomic mass is 28.4. The van der Waals surface area contributed by atoms with Gasteiger partial charge < -0.3 is 9.16 Å². The Labute approximate surface area is 156 Å². The molecule has 0 unspecified atom stereocenters. The lowest BCUT2D eigenvalue weighted by Gasteiger charge is -2.40. The molecule has 0 N–H and O–H groups in total. The standard InChI is InChI=1S/C22H38O2Si/c1-22(2,3)25(4,5)24-21(16-19-12-8-6-9-13-19)18-23-17-20-14-10-7-11-15-20/h7,10-11,14-15,19,21H,6,8-9,12-13,16-18H2,1-5H3/t21-/m0/s1. The van der Waals surface area contributed by atoms with Crippen LogP contribution < -0.4 is 0 Å². The van der Waals surface area contributed by atoms with E-state index in [0.29, 0.717) is 6.61 Å². The monoisotopic (exact) mass is 362 g/mol. The normalized spacial score (nSPS) is 18.3. The zero-order valence-electron chi connectivity index (χ0n) is 17.0. The molecule has 0 saturated heterocycles. The van der Waals surface area contributed by atoms with Crippen molar-refractivity contribution in [3.05, 3.63) is 35.9 Å². The van der Waals surface area contributed by atoms with Gasteiger partial charge in [-0.25, -0.2) is 0 Å². The minimum atomic E-state index is -1.76. The van der Waals surface area contributed by atoms with Gasteiger partial charge in [0.05, 0.1) is 19.3 Å². The first-order chi connectivity index (χ1) is 11.8. The molecule has 1 atom stereocenters. The third-order valence-corrected chi connectivity index (χ3v) is 10.5. The molecule has 0 spiro atoms. The van der Waals surface area contributed by atoms with Crippen molar-refractivity contribution in [2.24, 2.45) is 5.92 Å². The first kappa shape index (κ1) is 20.7. The molecule has 1 fully saturated rings. The third kappa shape index (κ3) is 6.88. The van der Waals surface area contributed by atoms with Crippen LogP contribution in [0.3, 0.4) is 0 Å². The molecule has 3 heteroatoms. The molecule has 0 amide bonds. The number of hydrogen-bond donors (Lipinski definition) is 0. The lowest BCUT2D eigenvalue weighted by atomic mass is 9.85. The summed E-state index contributed by atoms with van der Waals surface area (Å²) >= 11 is 0. The van der Waals surface area contributed by atoms with E-state index in [2.05, 4.69) is 64.2 Å². The van der Waals surface area contributed by atoms with Crippen LogP contribution in [0.2, 0.25) is 18.1 Å². The molecule has 2 rings (SSSR count). The Balaban J connectivity index is 1.93. The third-order valence-electron chi connectivity index (χ3n) is 6.00. The van der Waals surface area contributed by atoms with Crippen LogP contribution in [0.25, 0.3) is 0 Å². The molecule has 0 radical (unpaired) electrons. The van der Waals surface area contributed by atoms with Gasteiger partial charge in [0.25, 0.3) is 0 Å². The Kier molecular flexibility index (Phi) is 7.72. The summed E-state index contributed by atoms with van der Waals surface area (Å²) in [6.45, 7) is 13.1. The molecule has 0 bridgehead atoms. The second kappa shape index (κ2) is 9.34. The molecule has 1 aliphatic rings. The average Bonchev–Trinajstić information content (AvgIpc) is 2.55. The predicted octanol–water partition coefficient (Wildman–Crippen LogP) is 6.56. The fraction of sp³-hybridized carbons (Fsp3) is 0.727. The van der Waals surface area contributed by atoms with Gasteiger partial charge in [0.1, 0.15) is 0 Å². The van der Waals surface area contributed by atoms with Crippen LogP contribution in [-0.2, 0) is 15.8 Å². The molecule has 1 saturated carbocycles. The Hall–Kier alpha value is -0.643. The largest absolute Gasteiger partial charge is 0.412 e. The van der Waals surface area contributed by atoms with Crippen LogP contribution in [0, 0.1) is 5.92 Å². The summed E-state index contributed by atoms with van der Waals surface area (Å²) in [5.41, 5.74) is 1.24. The van der Waals surface area contributed by atoms with E-state index in [-0.39, 0.29) is 11.1 Å². The van der Waals surface area contributed by atoms with Gasteiger partial charge in [-0.1, -0.05) is 83.2 Å². The minimum Gasteiger partial charge on any atom is -0.412 e. The zero-order valence-corrected chi connectivity index (χ0v) is 18.0. The second-order valence-corrected chi connectivity index (χ2v) is 14.0. The zero-order chi connectivity index (χ0) is 18.3. The highest BCUT2D eigenvalue weighted by molar-refractivity contribution is 6.74. The van der Waals surface area contributed by atoms with Crippen LogP contribution in [0.1, 0.15) is 64.9 Å². The number of hydrogen-bond acceptors (Lipinski definition) is 2. The Morgan fingerprint density at radius 1 is 1.04 bits per heavy atom. The van der Waals surface area contributed by atoms with E-state index in [0.717, 1.165) is 12.5 Å². The minimum absolute atomic E-state index is 0.243. The van der Waals surface area contributed by atoms with E-state index in [1.54, 1.807) is 0 Å². The van der Waals surface area contributed by atoms with Crippen LogP contribution >= 0.6 is 0 Å². The maximum atomic E-state index is 6.76. The molecule has 1 aliphatic carbocycles. The molecule has 25 heavy (non-hydrogen) atoms. The molecular formula is C22H38O2Si. The smallest absolute Gasteiger partial charge is 0.192 e. The number of rotatable bonds is 8. The first-order valence-corrected chi connectivity index (χ1v) is 13.0. The number of ether oxygens (including phenoxy) is 1. The van der Waals surface area contributed by atoms with Crippen molar-refractivity contribution in [3.8, 4) is 0 Å². The molecule has 0 heterocycles. The average molecular weight is 363 g/mol. The molecule has 1 aromatic rings. The lowest BCUT2D eigenvalue weighted by molar-refractivity contribution is 0.0200. The van der Waals surface area contributed by atoms with Gasteiger partial charge in [0, 0.05) is 0 Å². The molecule has 2 nitrogen and oxygen atoms in total. The summed E-state index contributed by atoms with van der Waals surface area (Å²) in [7, 11) is -1.76. The number of benzene rings is 1. The van der Waals surface area contributed by atoms with E-state index in [4.69, 9.17) is 9.16 Å². The summed E-state index contributed by atoms with van der Waals surface area (Å²) in [5, 5.41) is 0.247. The quantitative estimate of drug-likeness (QED) is 0.487. The fourth-order valence-corrected chi connectivity index (χ4v) is 4.77. The summed E-state index contributed by atoms with van der Waals surface area (Å²) in [6, 6.07) is 10.5. The first-order valence-electron chi connectivity index (χ1n) is 10.1. The highest BCUT2D eigenvalue weighted by Gasteiger charge is 2.39. The van der Waals surface area contributed by atoms with Gasteiger partial charge in [0.15, 0.2) is 8.32 Å². The van der Waals surface area contributed by atoms with Crippen molar-refractivity contribution >= 4 is 8.32 Å². The van der Waals surface area contributed by atoms with E-state index in [1.165, 1.54) is 44.1 Å². The van der Waals surface area contributed by atoms with Crippen LogP contribution in [0.5, 0.6) is 0 Å². The molecule has 142 valence electrons.